The van der Waals surface area contributed by atoms with Gasteiger partial charge in [-0.25, -0.2) is 4.79 Å². The van der Waals surface area contributed by atoms with Gasteiger partial charge in [-0.05, 0) is 45.9 Å². The molecular weight excluding hydrogens is 274 g/mol. The zero-order valence-corrected chi connectivity index (χ0v) is 12.7. The number of carbonyl (C=O) groups is 2. The molecule has 0 saturated carbocycles. The average Bonchev–Trinajstić information content (AvgIpc) is 2.33. The molecule has 21 heavy (non-hydrogen) atoms. The molecule has 0 bridgehead atoms. The van der Waals surface area contributed by atoms with E-state index in [0.717, 1.165) is 0 Å². The molecule has 0 aliphatic rings. The first kappa shape index (κ1) is 16.8. The number of hydrogen-bond acceptors (Lipinski definition) is 5. The molecule has 0 spiro atoms. The Labute approximate surface area is 124 Å². The van der Waals surface area contributed by atoms with E-state index in [2.05, 4.69) is 5.32 Å². The number of aromatic hydroxyl groups is 1. The third-order valence-corrected chi connectivity index (χ3v) is 2.39. The van der Waals surface area contributed by atoms with Crippen LogP contribution in [0.15, 0.2) is 18.2 Å². The fraction of sp³-hybridized carbons (Fsp3) is 0.467. The predicted molar refractivity (Wildman–Crippen MR) is 77.8 cm³/mol. The van der Waals surface area contributed by atoms with E-state index in [1.165, 1.54) is 19.1 Å². The van der Waals surface area contributed by atoms with E-state index in [9.17, 15) is 14.7 Å². The van der Waals surface area contributed by atoms with Crippen LogP contribution in [0.1, 0.15) is 38.1 Å². The summed E-state index contributed by atoms with van der Waals surface area (Å²) in [5.74, 6) is 0.00870. The van der Waals surface area contributed by atoms with Crippen LogP contribution in [0.3, 0.4) is 0 Å². The van der Waals surface area contributed by atoms with Gasteiger partial charge in [-0.3, -0.25) is 4.79 Å². The maximum absolute atomic E-state index is 11.4. The summed E-state index contributed by atoms with van der Waals surface area (Å²) < 4.78 is 10.4. The average molecular weight is 295 g/mol. The third-order valence-electron chi connectivity index (χ3n) is 2.39. The Morgan fingerprint density at radius 1 is 1.29 bits per heavy atom. The molecule has 0 radical (unpaired) electrons. The second-order valence-electron chi connectivity index (χ2n) is 5.52. The first-order valence-corrected chi connectivity index (χ1v) is 6.62. The summed E-state index contributed by atoms with van der Waals surface area (Å²) in [5.41, 5.74) is -0.141. The highest BCUT2D eigenvalue weighted by Crippen LogP contribution is 2.26. The monoisotopic (exact) mass is 295 g/mol. The number of ketones is 1. The van der Waals surface area contributed by atoms with Gasteiger partial charge in [-0.2, -0.15) is 0 Å². The number of rotatable bonds is 5. The molecule has 1 aromatic carbocycles. The number of nitrogens with one attached hydrogen (secondary N) is 1. The number of hydrogen-bond donors (Lipinski definition) is 2. The molecule has 1 amide bonds. The van der Waals surface area contributed by atoms with Crippen molar-refractivity contribution in [2.45, 2.75) is 33.3 Å². The van der Waals surface area contributed by atoms with Gasteiger partial charge < -0.3 is 19.9 Å². The summed E-state index contributed by atoms with van der Waals surface area (Å²) in [5, 5.41) is 12.2. The summed E-state index contributed by atoms with van der Waals surface area (Å²) >= 11 is 0. The minimum absolute atomic E-state index is 0.111. The molecule has 1 rings (SSSR count). The van der Waals surface area contributed by atoms with E-state index in [1.807, 2.05) is 0 Å². The third kappa shape index (κ3) is 6.16. The van der Waals surface area contributed by atoms with Crippen molar-refractivity contribution >= 4 is 11.9 Å². The maximum Gasteiger partial charge on any atom is 0.407 e. The van der Waals surface area contributed by atoms with Gasteiger partial charge in [0.2, 0.25) is 0 Å². The maximum atomic E-state index is 11.4. The van der Waals surface area contributed by atoms with Crippen molar-refractivity contribution in [1.29, 1.82) is 0 Å². The van der Waals surface area contributed by atoms with Gasteiger partial charge in [-0.15, -0.1) is 0 Å². The largest absolute Gasteiger partial charge is 0.504 e. The number of carbonyl (C=O) groups excluding carboxylic acids is 2. The number of Topliss-reactive ketones (excluding diaryl/α,β-unsaturated/α-hetero) is 1. The van der Waals surface area contributed by atoms with Crippen molar-refractivity contribution in [3.05, 3.63) is 23.8 Å². The predicted octanol–water partition coefficient (Wildman–Crippen LogP) is 2.50. The van der Waals surface area contributed by atoms with Crippen LogP contribution in [0.2, 0.25) is 0 Å². The normalized spacial score (nSPS) is 10.9. The van der Waals surface area contributed by atoms with Gasteiger partial charge in [0.05, 0.1) is 6.54 Å². The quantitative estimate of drug-likeness (QED) is 0.644. The molecule has 0 saturated heterocycles. The van der Waals surface area contributed by atoms with Crippen LogP contribution < -0.4 is 10.1 Å². The molecular formula is C15H21NO5. The number of amides is 1. The lowest BCUT2D eigenvalue weighted by atomic mass is 10.1. The lowest BCUT2D eigenvalue weighted by Crippen LogP contribution is -2.34. The Morgan fingerprint density at radius 3 is 2.48 bits per heavy atom. The first-order valence-electron chi connectivity index (χ1n) is 6.62. The van der Waals surface area contributed by atoms with Gasteiger partial charge in [0.15, 0.2) is 17.3 Å². The molecule has 1 aromatic rings. The standard InChI is InChI=1S/C15H21NO5/c1-10(17)11-5-6-13(12(18)9-11)20-8-7-16-14(19)21-15(2,3)4/h5-6,9,18H,7-8H2,1-4H3,(H,16,19). The Kier molecular flexibility index (Phi) is 5.58. The van der Waals surface area contributed by atoms with Crippen molar-refractivity contribution in [2.75, 3.05) is 13.2 Å². The second-order valence-corrected chi connectivity index (χ2v) is 5.52. The van der Waals surface area contributed by atoms with Gasteiger partial charge in [0.1, 0.15) is 12.2 Å². The lowest BCUT2D eigenvalue weighted by Gasteiger charge is -2.19. The lowest BCUT2D eigenvalue weighted by molar-refractivity contribution is 0.0520. The topological polar surface area (TPSA) is 84.9 Å². The van der Waals surface area contributed by atoms with Gasteiger partial charge >= 0.3 is 6.09 Å². The van der Waals surface area contributed by atoms with Gasteiger partial charge in [0.25, 0.3) is 0 Å². The van der Waals surface area contributed by atoms with Crippen LogP contribution in [-0.2, 0) is 4.74 Å². The molecule has 0 heterocycles. The molecule has 0 unspecified atom stereocenters. The number of alkyl carbamates (subject to hydrolysis) is 1. The number of phenolic OH excluding ortho intramolecular Hbond substituents is 1. The molecule has 2 N–H and O–H groups in total. The SMILES string of the molecule is CC(=O)c1ccc(OCCNC(=O)OC(C)(C)C)c(O)c1. The Hall–Kier alpha value is -2.24. The van der Waals surface area contributed by atoms with Crippen LogP contribution in [0.25, 0.3) is 0 Å². The van der Waals surface area contributed by atoms with Crippen LogP contribution >= 0.6 is 0 Å². The Balaban J connectivity index is 2.40. The van der Waals surface area contributed by atoms with Crippen LogP contribution in [0.5, 0.6) is 11.5 Å². The zero-order chi connectivity index (χ0) is 16.0. The molecule has 116 valence electrons. The van der Waals surface area contributed by atoms with E-state index in [1.54, 1.807) is 26.8 Å². The van der Waals surface area contributed by atoms with Gasteiger partial charge in [-0.1, -0.05) is 0 Å². The molecule has 0 aliphatic carbocycles. The van der Waals surface area contributed by atoms with Crippen molar-refractivity contribution < 1.29 is 24.2 Å². The van der Waals surface area contributed by atoms with E-state index >= 15 is 0 Å². The summed E-state index contributed by atoms with van der Waals surface area (Å²) in [7, 11) is 0. The Morgan fingerprint density at radius 2 is 1.95 bits per heavy atom. The summed E-state index contributed by atoms with van der Waals surface area (Å²) in [6.45, 7) is 7.15. The van der Waals surface area contributed by atoms with Crippen LogP contribution in [-0.4, -0.2) is 35.7 Å². The minimum Gasteiger partial charge on any atom is -0.504 e. The van der Waals surface area contributed by atoms with E-state index in [-0.39, 0.29) is 30.4 Å². The summed E-state index contributed by atoms with van der Waals surface area (Å²) in [6, 6.07) is 4.43. The van der Waals surface area contributed by atoms with Gasteiger partial charge in [0, 0.05) is 5.56 Å². The molecule has 0 aliphatic heterocycles. The highest BCUT2D eigenvalue weighted by atomic mass is 16.6. The first-order chi connectivity index (χ1) is 9.69. The summed E-state index contributed by atoms with van der Waals surface area (Å²) in [6.07, 6.45) is -0.526. The Bertz CT molecular complexity index is 519. The number of benzene rings is 1. The van der Waals surface area contributed by atoms with Crippen molar-refractivity contribution in [3.63, 3.8) is 0 Å². The second kappa shape index (κ2) is 6.97. The molecule has 0 atom stereocenters. The molecule has 6 nitrogen and oxygen atoms in total. The minimum atomic E-state index is -0.550. The van der Waals surface area contributed by atoms with E-state index in [4.69, 9.17) is 9.47 Å². The fourth-order valence-electron chi connectivity index (χ4n) is 1.49. The van der Waals surface area contributed by atoms with E-state index < -0.39 is 11.7 Å². The smallest absolute Gasteiger partial charge is 0.407 e. The van der Waals surface area contributed by atoms with Crippen molar-refractivity contribution in [1.82, 2.24) is 5.32 Å². The zero-order valence-electron chi connectivity index (χ0n) is 12.7. The summed E-state index contributed by atoms with van der Waals surface area (Å²) in [4.78, 5) is 22.5. The highest BCUT2D eigenvalue weighted by Gasteiger charge is 2.15. The highest BCUT2D eigenvalue weighted by molar-refractivity contribution is 5.94. The van der Waals surface area contributed by atoms with Crippen LogP contribution in [0.4, 0.5) is 4.79 Å². The number of ether oxygens (including phenoxy) is 2. The molecule has 6 heteroatoms. The van der Waals surface area contributed by atoms with Crippen molar-refractivity contribution in [2.24, 2.45) is 0 Å². The van der Waals surface area contributed by atoms with E-state index in [0.29, 0.717) is 5.56 Å². The number of phenols is 1. The molecule has 0 aromatic heterocycles. The fourth-order valence-corrected chi connectivity index (χ4v) is 1.49. The van der Waals surface area contributed by atoms with Crippen molar-refractivity contribution in [3.8, 4) is 11.5 Å². The molecule has 0 fully saturated rings. The van der Waals surface area contributed by atoms with Crippen LogP contribution in [0, 0.1) is 0 Å².